The van der Waals surface area contributed by atoms with E-state index in [2.05, 4.69) is 9.97 Å². The van der Waals surface area contributed by atoms with Gasteiger partial charge in [-0.05, 0) is 24.6 Å². The van der Waals surface area contributed by atoms with Gasteiger partial charge >= 0.3 is 0 Å². The number of Topliss-reactive ketones (excluding diaryl/α,β-unsaturated/α-hetero) is 1. The molecule has 2 rings (SSSR count). The summed E-state index contributed by atoms with van der Waals surface area (Å²) in [6.07, 6.45) is 3.29. The molecule has 0 atom stereocenters. The number of rotatable bonds is 3. The Labute approximate surface area is 92.3 Å². The van der Waals surface area contributed by atoms with Crippen molar-refractivity contribution in [1.82, 2.24) is 9.97 Å². The highest BCUT2D eigenvalue weighted by molar-refractivity contribution is 5.97. The van der Waals surface area contributed by atoms with E-state index in [1.807, 2.05) is 0 Å². The third kappa shape index (κ3) is 2.16. The molecule has 0 amide bonds. The number of benzene rings is 1. The number of aromatic nitrogens is 2. The molecule has 4 heteroatoms. The fourth-order valence-electron chi connectivity index (χ4n) is 1.49. The van der Waals surface area contributed by atoms with Gasteiger partial charge in [0, 0.05) is 12.4 Å². The Bertz CT molecular complexity index is 506. The lowest BCUT2D eigenvalue weighted by Gasteiger charge is -2.02. The van der Waals surface area contributed by atoms with Crippen molar-refractivity contribution in [2.45, 2.75) is 13.3 Å². The number of nitrogens with one attached hydrogen (secondary N) is 1. The molecule has 0 aliphatic heterocycles. The molecule has 1 aromatic carbocycles. The molecule has 0 unspecified atom stereocenters. The summed E-state index contributed by atoms with van der Waals surface area (Å²) in [5, 5.41) is 0. The number of carbonyl (C=O) groups excluding carboxylic acids is 1. The highest BCUT2D eigenvalue weighted by Crippen LogP contribution is 2.12. The van der Waals surface area contributed by atoms with Crippen molar-refractivity contribution in [2.24, 2.45) is 0 Å². The minimum atomic E-state index is -0.475. The monoisotopic (exact) mass is 218 g/mol. The molecule has 0 saturated heterocycles. The van der Waals surface area contributed by atoms with Gasteiger partial charge in [-0.25, -0.2) is 9.37 Å². The number of aromatic amines is 1. The number of hydrogen-bond donors (Lipinski definition) is 1. The normalized spacial score (nSPS) is 10.4. The summed E-state index contributed by atoms with van der Waals surface area (Å²) >= 11 is 0. The molecule has 16 heavy (non-hydrogen) atoms. The summed E-state index contributed by atoms with van der Waals surface area (Å²) in [5.41, 5.74) is 0.911. The zero-order valence-corrected chi connectivity index (χ0v) is 8.83. The van der Waals surface area contributed by atoms with Crippen LogP contribution in [0, 0.1) is 12.7 Å². The fourth-order valence-corrected chi connectivity index (χ4v) is 1.49. The smallest absolute Gasteiger partial charge is 0.173 e. The van der Waals surface area contributed by atoms with E-state index in [9.17, 15) is 9.18 Å². The van der Waals surface area contributed by atoms with Gasteiger partial charge in [-0.15, -0.1) is 0 Å². The van der Waals surface area contributed by atoms with Gasteiger partial charge in [0.05, 0.1) is 12.0 Å². The number of ketones is 1. The first-order valence-electron chi connectivity index (χ1n) is 4.94. The maximum atomic E-state index is 13.5. The van der Waals surface area contributed by atoms with Crippen molar-refractivity contribution in [3.8, 4) is 0 Å². The minimum Gasteiger partial charge on any atom is -0.348 e. The van der Waals surface area contributed by atoms with E-state index < -0.39 is 5.82 Å². The molecule has 82 valence electrons. The van der Waals surface area contributed by atoms with Crippen LogP contribution < -0.4 is 0 Å². The van der Waals surface area contributed by atoms with Gasteiger partial charge in [0.1, 0.15) is 11.6 Å². The molecule has 0 fully saturated rings. The molecule has 3 nitrogen and oxygen atoms in total. The highest BCUT2D eigenvalue weighted by Gasteiger charge is 2.13. The van der Waals surface area contributed by atoms with Crippen LogP contribution in [0.4, 0.5) is 4.39 Å². The second-order valence-electron chi connectivity index (χ2n) is 3.62. The lowest BCUT2D eigenvalue weighted by Crippen LogP contribution is -2.07. The minimum absolute atomic E-state index is 0.0903. The molecule has 1 heterocycles. The topological polar surface area (TPSA) is 45.8 Å². The second-order valence-corrected chi connectivity index (χ2v) is 3.62. The Balaban J connectivity index is 2.21. The predicted molar refractivity (Wildman–Crippen MR) is 57.8 cm³/mol. The van der Waals surface area contributed by atoms with Crippen LogP contribution in [0.2, 0.25) is 0 Å². The molecule has 0 radical (unpaired) electrons. The van der Waals surface area contributed by atoms with Crippen LogP contribution in [-0.4, -0.2) is 15.8 Å². The average Bonchev–Trinajstić information content (AvgIpc) is 2.70. The van der Waals surface area contributed by atoms with Crippen LogP contribution in [0.1, 0.15) is 21.7 Å². The lowest BCUT2D eigenvalue weighted by molar-refractivity contribution is 0.0987. The van der Waals surface area contributed by atoms with E-state index in [1.54, 1.807) is 25.4 Å². The van der Waals surface area contributed by atoms with Gasteiger partial charge in [0.25, 0.3) is 0 Å². The van der Waals surface area contributed by atoms with E-state index in [4.69, 9.17) is 0 Å². The summed E-state index contributed by atoms with van der Waals surface area (Å²) in [6.45, 7) is 1.78. The maximum Gasteiger partial charge on any atom is 0.173 e. The zero-order chi connectivity index (χ0) is 11.5. The zero-order valence-electron chi connectivity index (χ0n) is 8.83. The molecule has 0 saturated carbocycles. The quantitative estimate of drug-likeness (QED) is 0.803. The number of carbonyl (C=O) groups is 1. The van der Waals surface area contributed by atoms with Crippen molar-refractivity contribution in [3.05, 3.63) is 53.4 Å². The average molecular weight is 218 g/mol. The Morgan fingerprint density at radius 3 is 2.94 bits per heavy atom. The van der Waals surface area contributed by atoms with Crippen LogP contribution in [0.15, 0.2) is 30.6 Å². The summed E-state index contributed by atoms with van der Waals surface area (Å²) < 4.78 is 13.5. The van der Waals surface area contributed by atoms with Crippen molar-refractivity contribution in [3.63, 3.8) is 0 Å². The molecule has 1 aromatic heterocycles. The number of imidazole rings is 1. The number of aryl methyl sites for hydroxylation is 1. The molecule has 0 bridgehead atoms. The maximum absolute atomic E-state index is 13.5. The van der Waals surface area contributed by atoms with Crippen LogP contribution in [0.5, 0.6) is 0 Å². The number of hydrogen-bond acceptors (Lipinski definition) is 2. The Hall–Kier alpha value is -1.97. The molecular weight excluding hydrogens is 207 g/mol. The third-order valence-corrected chi connectivity index (χ3v) is 2.31. The predicted octanol–water partition coefficient (Wildman–Crippen LogP) is 2.28. The molecule has 0 spiro atoms. The van der Waals surface area contributed by atoms with Crippen LogP contribution in [-0.2, 0) is 6.42 Å². The lowest BCUT2D eigenvalue weighted by atomic mass is 10.1. The van der Waals surface area contributed by atoms with Crippen molar-refractivity contribution >= 4 is 5.78 Å². The first-order chi connectivity index (χ1) is 7.66. The van der Waals surface area contributed by atoms with E-state index in [-0.39, 0.29) is 17.8 Å². The molecule has 0 aliphatic carbocycles. The van der Waals surface area contributed by atoms with Gasteiger partial charge in [0.2, 0.25) is 0 Å². The Morgan fingerprint density at radius 1 is 1.50 bits per heavy atom. The van der Waals surface area contributed by atoms with Gasteiger partial charge in [0.15, 0.2) is 5.78 Å². The van der Waals surface area contributed by atoms with Crippen molar-refractivity contribution in [2.75, 3.05) is 0 Å². The van der Waals surface area contributed by atoms with Crippen LogP contribution in [0.3, 0.4) is 0 Å². The van der Waals surface area contributed by atoms with Crippen molar-refractivity contribution < 1.29 is 9.18 Å². The molecule has 0 aliphatic rings. The summed E-state index contributed by atoms with van der Waals surface area (Å²) in [6, 6.07) is 4.59. The van der Waals surface area contributed by atoms with Crippen LogP contribution >= 0.6 is 0 Å². The van der Waals surface area contributed by atoms with Gasteiger partial charge < -0.3 is 4.98 Å². The van der Waals surface area contributed by atoms with Gasteiger partial charge in [-0.3, -0.25) is 4.79 Å². The van der Waals surface area contributed by atoms with Gasteiger partial charge in [-0.2, -0.15) is 0 Å². The van der Waals surface area contributed by atoms with Gasteiger partial charge in [-0.1, -0.05) is 6.07 Å². The largest absolute Gasteiger partial charge is 0.348 e. The SMILES string of the molecule is Cc1ccc(C(=O)Cc2ncc[nH]2)c(F)c1. The molecule has 1 N–H and O–H groups in total. The standard InChI is InChI=1S/C12H11FN2O/c1-8-2-3-9(10(13)6-8)11(16)7-12-14-4-5-15-12/h2-6H,7H2,1H3,(H,14,15). The second kappa shape index (κ2) is 4.26. The highest BCUT2D eigenvalue weighted by atomic mass is 19.1. The first-order valence-corrected chi connectivity index (χ1v) is 4.94. The molecular formula is C12H11FN2O. The van der Waals surface area contributed by atoms with Crippen molar-refractivity contribution in [1.29, 1.82) is 0 Å². The number of nitrogens with zero attached hydrogens (tertiary/aromatic N) is 1. The summed E-state index contributed by atoms with van der Waals surface area (Å²) in [4.78, 5) is 18.5. The Morgan fingerprint density at radius 2 is 2.31 bits per heavy atom. The first kappa shape index (κ1) is 10.5. The number of halogens is 1. The summed E-state index contributed by atoms with van der Waals surface area (Å²) in [7, 11) is 0. The van der Waals surface area contributed by atoms with E-state index >= 15 is 0 Å². The fraction of sp³-hybridized carbons (Fsp3) is 0.167. The van der Waals surface area contributed by atoms with E-state index in [0.717, 1.165) is 5.56 Å². The Kier molecular flexibility index (Phi) is 2.81. The molecule has 2 aromatic rings. The summed E-state index contributed by atoms with van der Waals surface area (Å²) in [5.74, 6) is -0.200. The van der Waals surface area contributed by atoms with E-state index in [1.165, 1.54) is 12.1 Å². The number of H-pyrrole nitrogens is 1. The third-order valence-electron chi connectivity index (χ3n) is 2.31. The van der Waals surface area contributed by atoms with E-state index in [0.29, 0.717) is 5.82 Å². The van der Waals surface area contributed by atoms with Crippen LogP contribution in [0.25, 0.3) is 0 Å².